The molecule has 0 radical (unpaired) electrons. The molecular weight excluding hydrogens is 331 g/mol. The lowest BCUT2D eigenvalue weighted by Gasteiger charge is -2.25. The average molecular weight is 357 g/mol. The minimum absolute atomic E-state index is 0.156. The van der Waals surface area contributed by atoms with Crippen LogP contribution in [0.5, 0.6) is 0 Å². The zero-order chi connectivity index (χ0) is 16.8. The van der Waals surface area contributed by atoms with Crippen molar-refractivity contribution in [3.63, 3.8) is 0 Å². The van der Waals surface area contributed by atoms with Gasteiger partial charge in [-0.1, -0.05) is 43.1 Å². The first-order chi connectivity index (χ1) is 11.0. The summed E-state index contributed by atoms with van der Waals surface area (Å²) in [5.74, 6) is 1.18. The standard InChI is InChI=1S/C18H26Cl2N2O/c1-12(2)15(9-14-3-4-16(19)10-17(14)20)11-22-18(23)13-5-7-21-8-6-13/h3-4,10,12-13,15,21H,5-9,11H2,1-2H3,(H,22,23). The molecule has 5 heteroatoms. The lowest BCUT2D eigenvalue weighted by Crippen LogP contribution is -2.40. The van der Waals surface area contributed by atoms with Gasteiger partial charge in [0.1, 0.15) is 0 Å². The summed E-state index contributed by atoms with van der Waals surface area (Å²) in [6, 6.07) is 5.63. The lowest BCUT2D eigenvalue weighted by atomic mass is 9.88. The van der Waals surface area contributed by atoms with Gasteiger partial charge >= 0.3 is 0 Å². The van der Waals surface area contributed by atoms with Gasteiger partial charge in [0.25, 0.3) is 0 Å². The van der Waals surface area contributed by atoms with Crippen LogP contribution >= 0.6 is 23.2 Å². The van der Waals surface area contributed by atoms with Crippen LogP contribution in [-0.4, -0.2) is 25.5 Å². The van der Waals surface area contributed by atoms with Crippen molar-refractivity contribution < 1.29 is 4.79 Å². The molecule has 0 aliphatic carbocycles. The normalized spacial score (nSPS) is 17.3. The molecule has 1 atom stereocenters. The van der Waals surface area contributed by atoms with Crippen LogP contribution in [0.25, 0.3) is 0 Å². The number of rotatable bonds is 6. The lowest BCUT2D eigenvalue weighted by molar-refractivity contribution is -0.126. The number of benzene rings is 1. The summed E-state index contributed by atoms with van der Waals surface area (Å²) < 4.78 is 0. The summed E-state index contributed by atoms with van der Waals surface area (Å²) in [6.07, 6.45) is 2.71. The second-order valence-electron chi connectivity index (χ2n) is 6.71. The van der Waals surface area contributed by atoms with Crippen molar-refractivity contribution in [1.29, 1.82) is 0 Å². The van der Waals surface area contributed by atoms with Crippen molar-refractivity contribution in [2.24, 2.45) is 17.8 Å². The van der Waals surface area contributed by atoms with E-state index in [2.05, 4.69) is 24.5 Å². The third-order valence-electron chi connectivity index (χ3n) is 4.69. The molecule has 1 unspecified atom stereocenters. The van der Waals surface area contributed by atoms with E-state index in [1.807, 2.05) is 12.1 Å². The number of halogens is 2. The highest BCUT2D eigenvalue weighted by molar-refractivity contribution is 6.35. The SMILES string of the molecule is CC(C)C(CNC(=O)C1CCNCC1)Cc1ccc(Cl)cc1Cl. The number of hydrogen-bond acceptors (Lipinski definition) is 2. The van der Waals surface area contributed by atoms with Crippen molar-refractivity contribution in [3.8, 4) is 0 Å². The molecule has 0 aromatic heterocycles. The van der Waals surface area contributed by atoms with Crippen LogP contribution in [0.3, 0.4) is 0 Å². The van der Waals surface area contributed by atoms with E-state index in [0.717, 1.165) is 37.9 Å². The predicted octanol–water partition coefficient (Wildman–Crippen LogP) is 3.92. The Morgan fingerprint density at radius 2 is 2.00 bits per heavy atom. The Kier molecular flexibility index (Phi) is 7.19. The van der Waals surface area contributed by atoms with Crippen LogP contribution < -0.4 is 10.6 Å². The monoisotopic (exact) mass is 356 g/mol. The molecule has 128 valence electrons. The van der Waals surface area contributed by atoms with Crippen molar-refractivity contribution >= 4 is 29.1 Å². The Balaban J connectivity index is 1.92. The molecule has 23 heavy (non-hydrogen) atoms. The van der Waals surface area contributed by atoms with Crippen LogP contribution in [0.1, 0.15) is 32.3 Å². The first-order valence-electron chi connectivity index (χ1n) is 8.39. The van der Waals surface area contributed by atoms with E-state index in [1.165, 1.54) is 0 Å². The highest BCUT2D eigenvalue weighted by Crippen LogP contribution is 2.26. The molecule has 3 nitrogen and oxygen atoms in total. The van der Waals surface area contributed by atoms with Crippen LogP contribution in [0.2, 0.25) is 10.0 Å². The molecule has 1 aromatic carbocycles. The first-order valence-corrected chi connectivity index (χ1v) is 9.15. The number of piperidine rings is 1. The minimum Gasteiger partial charge on any atom is -0.356 e. The third-order valence-corrected chi connectivity index (χ3v) is 5.28. The topological polar surface area (TPSA) is 41.1 Å². The van der Waals surface area contributed by atoms with E-state index in [0.29, 0.717) is 28.4 Å². The summed E-state index contributed by atoms with van der Waals surface area (Å²) in [6.45, 7) is 6.94. The molecular formula is C18H26Cl2N2O. The molecule has 1 aromatic rings. The first kappa shape index (κ1) is 18.6. The van der Waals surface area contributed by atoms with Crippen LogP contribution in [0.4, 0.5) is 0 Å². The number of carbonyl (C=O) groups is 1. The number of hydrogen-bond donors (Lipinski definition) is 2. The summed E-state index contributed by atoms with van der Waals surface area (Å²) >= 11 is 12.2. The molecule has 2 N–H and O–H groups in total. The molecule has 1 fully saturated rings. The molecule has 0 saturated carbocycles. The van der Waals surface area contributed by atoms with E-state index in [1.54, 1.807) is 6.07 Å². The summed E-state index contributed by atoms with van der Waals surface area (Å²) in [4.78, 5) is 12.3. The third kappa shape index (κ3) is 5.66. The molecule has 1 aliphatic heterocycles. The zero-order valence-corrected chi connectivity index (χ0v) is 15.4. The number of nitrogens with one attached hydrogen (secondary N) is 2. The Hall–Kier alpha value is -0.770. The van der Waals surface area contributed by atoms with Gasteiger partial charge in [0.15, 0.2) is 0 Å². The smallest absolute Gasteiger partial charge is 0.223 e. The molecule has 1 aliphatic rings. The molecule has 1 heterocycles. The Labute approximate surface area is 149 Å². The predicted molar refractivity (Wildman–Crippen MR) is 97.1 cm³/mol. The highest BCUT2D eigenvalue weighted by atomic mass is 35.5. The summed E-state index contributed by atoms with van der Waals surface area (Å²) in [5, 5.41) is 7.79. The maximum Gasteiger partial charge on any atom is 0.223 e. The molecule has 0 spiro atoms. The Bertz CT molecular complexity index is 528. The molecule has 1 saturated heterocycles. The van der Waals surface area contributed by atoms with Gasteiger partial charge in [-0.05, 0) is 61.9 Å². The second kappa shape index (κ2) is 8.91. The van der Waals surface area contributed by atoms with Crippen LogP contribution in [0, 0.1) is 17.8 Å². The maximum atomic E-state index is 12.3. The minimum atomic E-state index is 0.156. The van der Waals surface area contributed by atoms with Crippen molar-refractivity contribution in [2.75, 3.05) is 19.6 Å². The summed E-state index contributed by atoms with van der Waals surface area (Å²) in [5.41, 5.74) is 1.09. The van der Waals surface area contributed by atoms with Crippen LogP contribution in [0.15, 0.2) is 18.2 Å². The van der Waals surface area contributed by atoms with Gasteiger partial charge in [0.05, 0.1) is 0 Å². The largest absolute Gasteiger partial charge is 0.356 e. The fourth-order valence-corrected chi connectivity index (χ4v) is 3.46. The van der Waals surface area contributed by atoms with E-state index in [9.17, 15) is 4.79 Å². The summed E-state index contributed by atoms with van der Waals surface area (Å²) in [7, 11) is 0. The van der Waals surface area contributed by atoms with E-state index < -0.39 is 0 Å². The van der Waals surface area contributed by atoms with Crippen molar-refractivity contribution in [1.82, 2.24) is 10.6 Å². The fraction of sp³-hybridized carbons (Fsp3) is 0.611. The van der Waals surface area contributed by atoms with Gasteiger partial charge in [-0.2, -0.15) is 0 Å². The van der Waals surface area contributed by atoms with Gasteiger partial charge < -0.3 is 10.6 Å². The Morgan fingerprint density at radius 1 is 1.30 bits per heavy atom. The molecule has 0 bridgehead atoms. The quantitative estimate of drug-likeness (QED) is 0.810. The van der Waals surface area contributed by atoms with E-state index >= 15 is 0 Å². The van der Waals surface area contributed by atoms with Crippen molar-refractivity contribution in [2.45, 2.75) is 33.1 Å². The van der Waals surface area contributed by atoms with Crippen LogP contribution in [-0.2, 0) is 11.2 Å². The molecule has 2 rings (SSSR count). The number of amides is 1. The average Bonchev–Trinajstić information content (AvgIpc) is 2.53. The van der Waals surface area contributed by atoms with Crippen molar-refractivity contribution in [3.05, 3.63) is 33.8 Å². The van der Waals surface area contributed by atoms with E-state index in [4.69, 9.17) is 23.2 Å². The van der Waals surface area contributed by atoms with Gasteiger partial charge in [-0.15, -0.1) is 0 Å². The molecule has 1 amide bonds. The second-order valence-corrected chi connectivity index (χ2v) is 7.56. The maximum absolute atomic E-state index is 12.3. The zero-order valence-electron chi connectivity index (χ0n) is 13.9. The van der Waals surface area contributed by atoms with E-state index in [-0.39, 0.29) is 11.8 Å². The fourth-order valence-electron chi connectivity index (χ4n) is 2.97. The van der Waals surface area contributed by atoms with Gasteiger partial charge in [-0.25, -0.2) is 0 Å². The Morgan fingerprint density at radius 3 is 2.61 bits per heavy atom. The van der Waals surface area contributed by atoms with Gasteiger partial charge in [0, 0.05) is 22.5 Å². The van der Waals surface area contributed by atoms with Gasteiger partial charge in [-0.3, -0.25) is 4.79 Å². The highest BCUT2D eigenvalue weighted by Gasteiger charge is 2.22. The van der Waals surface area contributed by atoms with Gasteiger partial charge in [0.2, 0.25) is 5.91 Å². The number of carbonyl (C=O) groups excluding carboxylic acids is 1.